The number of aryl methyl sites for hydroxylation is 1. The second-order valence-electron chi connectivity index (χ2n) is 7.43. The molecule has 0 unspecified atom stereocenters. The smallest absolute Gasteiger partial charge is 0.159 e. The minimum Gasteiger partial charge on any atom is -0.378 e. The zero-order valence-electron chi connectivity index (χ0n) is 15.9. The van der Waals surface area contributed by atoms with Gasteiger partial charge in [0.05, 0.1) is 0 Å². The van der Waals surface area contributed by atoms with Crippen LogP contribution in [0.3, 0.4) is 0 Å². The largest absolute Gasteiger partial charge is 0.378 e. The van der Waals surface area contributed by atoms with Gasteiger partial charge in [-0.25, -0.2) is 9.97 Å². The molecule has 26 heavy (non-hydrogen) atoms. The van der Waals surface area contributed by atoms with E-state index in [2.05, 4.69) is 71.3 Å². The summed E-state index contributed by atoms with van der Waals surface area (Å²) < 4.78 is 0. The molecule has 4 rings (SSSR count). The molecule has 0 saturated heterocycles. The third-order valence-electron chi connectivity index (χ3n) is 5.21. The average molecular weight is 346 g/mol. The number of benzene rings is 1. The number of fused-ring (bicyclic) bond motifs is 2. The van der Waals surface area contributed by atoms with Crippen molar-refractivity contribution in [2.75, 3.05) is 32.1 Å². The number of anilines is 1. The normalized spacial score (nSPS) is 14.4. The molecule has 0 saturated carbocycles. The second-order valence-corrected chi connectivity index (χ2v) is 7.43. The van der Waals surface area contributed by atoms with Gasteiger partial charge in [-0.3, -0.25) is 4.90 Å². The quantitative estimate of drug-likeness (QED) is 0.722. The highest BCUT2D eigenvalue weighted by molar-refractivity contribution is 5.76. The van der Waals surface area contributed by atoms with Crippen LogP contribution in [-0.4, -0.2) is 42.1 Å². The van der Waals surface area contributed by atoms with Gasteiger partial charge in [0.25, 0.3) is 0 Å². The van der Waals surface area contributed by atoms with Crippen LogP contribution in [0.1, 0.15) is 22.5 Å². The Morgan fingerprint density at radius 3 is 2.62 bits per heavy atom. The summed E-state index contributed by atoms with van der Waals surface area (Å²) in [5.74, 6) is 0. The number of hydrogen-bond acceptors (Lipinski definition) is 4. The fourth-order valence-corrected chi connectivity index (χ4v) is 3.60. The van der Waals surface area contributed by atoms with Crippen LogP contribution >= 0.6 is 0 Å². The Morgan fingerprint density at radius 1 is 1.04 bits per heavy atom. The highest BCUT2D eigenvalue weighted by atomic mass is 15.1. The molecule has 0 fully saturated rings. The Kier molecular flexibility index (Phi) is 4.60. The van der Waals surface area contributed by atoms with Gasteiger partial charge in [-0.15, -0.1) is 0 Å². The Hall–Kier alpha value is -2.46. The molecule has 1 aliphatic rings. The molecule has 0 aliphatic carbocycles. The first-order valence-corrected chi connectivity index (χ1v) is 9.33. The predicted molar refractivity (Wildman–Crippen MR) is 108 cm³/mol. The Bertz CT molecular complexity index is 915. The molecule has 4 heteroatoms. The first-order valence-electron chi connectivity index (χ1n) is 9.33. The molecule has 0 amide bonds. The molecular weight excluding hydrogens is 320 g/mol. The minimum absolute atomic E-state index is 0.887. The SMILES string of the molecule is Cc1ccc2cc3c(nc2n1)CCN(CCc1ccc(N(C)C)cc1)C3. The van der Waals surface area contributed by atoms with Gasteiger partial charge in [-0.05, 0) is 54.8 Å². The van der Waals surface area contributed by atoms with E-state index in [1.807, 2.05) is 6.92 Å². The van der Waals surface area contributed by atoms with Gasteiger partial charge in [0, 0.05) is 62.6 Å². The maximum absolute atomic E-state index is 4.81. The van der Waals surface area contributed by atoms with E-state index in [9.17, 15) is 0 Å². The molecule has 4 nitrogen and oxygen atoms in total. The van der Waals surface area contributed by atoms with E-state index in [1.54, 1.807) is 0 Å². The summed E-state index contributed by atoms with van der Waals surface area (Å²) in [7, 11) is 4.16. The number of hydrogen-bond donors (Lipinski definition) is 0. The van der Waals surface area contributed by atoms with Gasteiger partial charge in [-0.2, -0.15) is 0 Å². The molecule has 1 aromatic carbocycles. The summed E-state index contributed by atoms with van der Waals surface area (Å²) in [6.07, 6.45) is 2.10. The van der Waals surface area contributed by atoms with Gasteiger partial charge in [0.2, 0.25) is 0 Å². The fourth-order valence-electron chi connectivity index (χ4n) is 3.60. The maximum Gasteiger partial charge on any atom is 0.159 e. The molecule has 1 aliphatic heterocycles. The highest BCUT2D eigenvalue weighted by Gasteiger charge is 2.18. The van der Waals surface area contributed by atoms with Crippen molar-refractivity contribution in [3.05, 3.63) is 65.0 Å². The number of rotatable bonds is 4. The van der Waals surface area contributed by atoms with Crippen molar-refractivity contribution in [3.63, 3.8) is 0 Å². The van der Waals surface area contributed by atoms with Crippen molar-refractivity contribution in [3.8, 4) is 0 Å². The van der Waals surface area contributed by atoms with E-state index >= 15 is 0 Å². The summed E-state index contributed by atoms with van der Waals surface area (Å²) in [5.41, 5.74) is 7.15. The van der Waals surface area contributed by atoms with Crippen LogP contribution < -0.4 is 4.90 Å². The summed E-state index contributed by atoms with van der Waals surface area (Å²) in [5, 5.41) is 1.15. The van der Waals surface area contributed by atoms with E-state index in [0.29, 0.717) is 0 Å². The van der Waals surface area contributed by atoms with Gasteiger partial charge >= 0.3 is 0 Å². The monoisotopic (exact) mass is 346 g/mol. The molecule has 0 atom stereocenters. The summed E-state index contributed by atoms with van der Waals surface area (Å²) >= 11 is 0. The lowest BCUT2D eigenvalue weighted by Crippen LogP contribution is -2.32. The van der Waals surface area contributed by atoms with Gasteiger partial charge < -0.3 is 4.90 Å². The number of nitrogens with zero attached hydrogens (tertiary/aromatic N) is 4. The van der Waals surface area contributed by atoms with Crippen LogP contribution in [0.2, 0.25) is 0 Å². The number of pyridine rings is 2. The van der Waals surface area contributed by atoms with Crippen molar-refractivity contribution in [1.29, 1.82) is 0 Å². The van der Waals surface area contributed by atoms with E-state index in [4.69, 9.17) is 4.98 Å². The third-order valence-corrected chi connectivity index (χ3v) is 5.21. The summed E-state index contributed by atoms with van der Waals surface area (Å²) in [4.78, 5) is 14.1. The van der Waals surface area contributed by atoms with Crippen molar-refractivity contribution in [2.45, 2.75) is 26.3 Å². The van der Waals surface area contributed by atoms with Crippen LogP contribution in [0.15, 0.2) is 42.5 Å². The van der Waals surface area contributed by atoms with Gasteiger partial charge in [-0.1, -0.05) is 12.1 Å². The van der Waals surface area contributed by atoms with Crippen molar-refractivity contribution in [2.24, 2.45) is 0 Å². The second kappa shape index (κ2) is 7.04. The van der Waals surface area contributed by atoms with Gasteiger partial charge in [0.15, 0.2) is 5.65 Å². The standard InChI is InChI=1S/C22H26N4/c1-16-4-7-18-14-19-15-26(13-11-21(19)24-22(18)23-16)12-10-17-5-8-20(9-6-17)25(2)3/h4-9,14H,10-13,15H2,1-3H3. The van der Waals surface area contributed by atoms with E-state index in [0.717, 1.165) is 49.2 Å². The zero-order chi connectivity index (χ0) is 18.1. The van der Waals surface area contributed by atoms with Crippen LogP contribution in [0.25, 0.3) is 11.0 Å². The summed E-state index contributed by atoms with van der Waals surface area (Å²) in [6.45, 7) is 5.17. The molecule has 3 aromatic rings. The maximum atomic E-state index is 4.81. The lowest BCUT2D eigenvalue weighted by Gasteiger charge is -2.28. The van der Waals surface area contributed by atoms with E-state index in [-0.39, 0.29) is 0 Å². The van der Waals surface area contributed by atoms with Crippen LogP contribution in [0.5, 0.6) is 0 Å². The van der Waals surface area contributed by atoms with E-state index in [1.165, 1.54) is 22.5 Å². The molecule has 0 spiro atoms. The lowest BCUT2D eigenvalue weighted by atomic mass is 10.0. The molecular formula is C22H26N4. The van der Waals surface area contributed by atoms with Crippen molar-refractivity contribution in [1.82, 2.24) is 14.9 Å². The zero-order valence-corrected chi connectivity index (χ0v) is 15.9. The van der Waals surface area contributed by atoms with Crippen molar-refractivity contribution >= 4 is 16.7 Å². The Morgan fingerprint density at radius 2 is 1.85 bits per heavy atom. The van der Waals surface area contributed by atoms with Crippen LogP contribution in [-0.2, 0) is 19.4 Å². The fraction of sp³-hybridized carbons (Fsp3) is 0.364. The summed E-state index contributed by atoms with van der Waals surface area (Å²) in [6, 6.07) is 15.4. The topological polar surface area (TPSA) is 32.3 Å². The molecule has 3 heterocycles. The Labute approximate surface area is 155 Å². The third kappa shape index (κ3) is 3.56. The van der Waals surface area contributed by atoms with Crippen LogP contribution in [0.4, 0.5) is 5.69 Å². The molecule has 134 valence electrons. The molecule has 0 radical (unpaired) electrons. The van der Waals surface area contributed by atoms with Gasteiger partial charge in [0.1, 0.15) is 0 Å². The first kappa shape index (κ1) is 17.0. The molecule has 0 N–H and O–H groups in total. The molecule has 0 bridgehead atoms. The van der Waals surface area contributed by atoms with Crippen molar-refractivity contribution < 1.29 is 0 Å². The van der Waals surface area contributed by atoms with E-state index < -0.39 is 0 Å². The van der Waals surface area contributed by atoms with Crippen LogP contribution in [0, 0.1) is 6.92 Å². The predicted octanol–water partition coefficient (Wildman–Crippen LogP) is 3.61. The lowest BCUT2D eigenvalue weighted by molar-refractivity contribution is 0.255. The Balaban J connectivity index is 1.44. The average Bonchev–Trinajstić information content (AvgIpc) is 2.65. The number of aromatic nitrogens is 2. The minimum atomic E-state index is 0.887. The first-order chi connectivity index (χ1) is 12.6. The molecule has 2 aromatic heterocycles. The highest BCUT2D eigenvalue weighted by Crippen LogP contribution is 2.22.